The van der Waals surface area contributed by atoms with Gasteiger partial charge < -0.3 is 5.32 Å². The molecule has 2 N–H and O–H groups in total. The molecule has 2 aromatic carbocycles. The largest absolute Gasteiger partial charge is 0.349 e. The lowest BCUT2D eigenvalue weighted by atomic mass is 9.94. The molecule has 0 saturated heterocycles. The number of anilines is 1. The first kappa shape index (κ1) is 20.5. The van der Waals surface area contributed by atoms with Crippen molar-refractivity contribution in [1.82, 2.24) is 10.3 Å². The Kier molecular flexibility index (Phi) is 5.83. The average molecular weight is 446 g/mol. The van der Waals surface area contributed by atoms with Gasteiger partial charge in [0.25, 0.3) is 15.9 Å². The predicted molar refractivity (Wildman–Crippen MR) is 114 cm³/mol. The van der Waals surface area contributed by atoms with Gasteiger partial charge in [0.15, 0.2) is 5.13 Å². The molecule has 30 heavy (non-hydrogen) atoms. The number of sulfonamides is 1. The molecule has 1 amide bonds. The Morgan fingerprint density at radius 1 is 1.07 bits per heavy atom. The lowest BCUT2D eigenvalue weighted by molar-refractivity contribution is 0.0934. The SMILES string of the molecule is O=C(N[C@@H]1CCC[C@@H]1c1ccc(F)cc1)c1ccc(S(=O)(=O)Nc2nccs2)cc1. The van der Waals surface area contributed by atoms with Crippen LogP contribution < -0.4 is 10.0 Å². The third-order valence-corrected chi connectivity index (χ3v) is 7.38. The fourth-order valence-corrected chi connectivity index (χ4v) is 5.52. The van der Waals surface area contributed by atoms with Crippen LogP contribution in [0.5, 0.6) is 0 Å². The van der Waals surface area contributed by atoms with Crippen molar-refractivity contribution in [3.63, 3.8) is 0 Å². The number of rotatable bonds is 6. The molecule has 1 saturated carbocycles. The molecule has 0 radical (unpaired) electrons. The predicted octanol–water partition coefficient (Wildman–Crippen LogP) is 4.15. The molecule has 4 rings (SSSR count). The summed E-state index contributed by atoms with van der Waals surface area (Å²) in [5.41, 5.74) is 1.39. The van der Waals surface area contributed by atoms with Crippen LogP contribution in [0.3, 0.4) is 0 Å². The monoisotopic (exact) mass is 445 g/mol. The van der Waals surface area contributed by atoms with Crippen LogP contribution in [0, 0.1) is 5.82 Å². The third kappa shape index (κ3) is 4.52. The van der Waals surface area contributed by atoms with Gasteiger partial charge in [0, 0.05) is 29.1 Å². The van der Waals surface area contributed by atoms with Crippen LogP contribution >= 0.6 is 11.3 Å². The van der Waals surface area contributed by atoms with Crippen molar-refractivity contribution in [2.24, 2.45) is 0 Å². The molecule has 0 unspecified atom stereocenters. The number of halogens is 1. The Balaban J connectivity index is 1.44. The van der Waals surface area contributed by atoms with E-state index >= 15 is 0 Å². The van der Waals surface area contributed by atoms with Crippen molar-refractivity contribution >= 4 is 32.4 Å². The number of nitrogens with zero attached hydrogens (tertiary/aromatic N) is 1. The molecule has 1 aliphatic carbocycles. The standard InChI is InChI=1S/C21H20FN3O3S2/c22-16-8-4-14(5-9-16)18-2-1-3-19(18)24-20(26)15-6-10-17(11-7-15)30(27,28)25-21-23-12-13-29-21/h4-13,18-19H,1-3H2,(H,23,25)(H,24,26)/t18-,19-/m1/s1. The van der Waals surface area contributed by atoms with Gasteiger partial charge in [-0.15, -0.1) is 11.3 Å². The van der Waals surface area contributed by atoms with Crippen LogP contribution in [0.2, 0.25) is 0 Å². The van der Waals surface area contributed by atoms with Gasteiger partial charge in [-0.3, -0.25) is 9.52 Å². The van der Waals surface area contributed by atoms with Crippen LogP contribution in [0.15, 0.2) is 65.0 Å². The molecule has 0 spiro atoms. The van der Waals surface area contributed by atoms with Gasteiger partial charge in [-0.1, -0.05) is 18.6 Å². The highest BCUT2D eigenvalue weighted by Crippen LogP contribution is 2.35. The molecule has 6 nitrogen and oxygen atoms in total. The second-order valence-corrected chi connectivity index (χ2v) is 9.71. The maximum absolute atomic E-state index is 13.2. The Labute approximate surface area is 178 Å². The first-order chi connectivity index (χ1) is 14.4. The second kappa shape index (κ2) is 8.53. The Morgan fingerprint density at radius 2 is 1.80 bits per heavy atom. The summed E-state index contributed by atoms with van der Waals surface area (Å²) in [5.74, 6) is -0.403. The summed E-state index contributed by atoms with van der Waals surface area (Å²) in [6.45, 7) is 0. The zero-order valence-electron chi connectivity index (χ0n) is 15.9. The van der Waals surface area contributed by atoms with Gasteiger partial charge in [0.2, 0.25) is 0 Å². The van der Waals surface area contributed by atoms with E-state index in [0.29, 0.717) is 5.56 Å². The van der Waals surface area contributed by atoms with Crippen LogP contribution in [0.4, 0.5) is 9.52 Å². The zero-order chi connectivity index (χ0) is 21.1. The number of thiazole rings is 1. The van der Waals surface area contributed by atoms with Crippen molar-refractivity contribution in [2.45, 2.75) is 36.1 Å². The Morgan fingerprint density at radius 3 is 2.47 bits per heavy atom. The molecular formula is C21H20FN3O3S2. The lowest BCUT2D eigenvalue weighted by Crippen LogP contribution is -2.36. The lowest BCUT2D eigenvalue weighted by Gasteiger charge is -2.21. The van der Waals surface area contributed by atoms with Gasteiger partial charge in [-0.05, 0) is 54.8 Å². The van der Waals surface area contributed by atoms with Crippen LogP contribution in [0.25, 0.3) is 0 Å². The Hall–Kier alpha value is -2.78. The van der Waals surface area contributed by atoms with E-state index in [4.69, 9.17) is 0 Å². The number of aromatic nitrogens is 1. The summed E-state index contributed by atoms with van der Waals surface area (Å²) in [5, 5.41) is 5.00. The number of hydrogen-bond donors (Lipinski definition) is 2. The molecular weight excluding hydrogens is 425 g/mol. The molecule has 1 aromatic heterocycles. The third-order valence-electron chi connectivity index (χ3n) is 5.21. The molecule has 1 heterocycles. The zero-order valence-corrected chi connectivity index (χ0v) is 17.5. The van der Waals surface area contributed by atoms with E-state index in [2.05, 4.69) is 15.0 Å². The summed E-state index contributed by atoms with van der Waals surface area (Å²) in [6, 6.07) is 12.1. The van der Waals surface area contributed by atoms with E-state index in [1.54, 1.807) is 17.5 Å². The van der Waals surface area contributed by atoms with Crippen molar-refractivity contribution < 1.29 is 17.6 Å². The van der Waals surface area contributed by atoms with Gasteiger partial charge in [0.05, 0.1) is 4.90 Å². The number of hydrogen-bond acceptors (Lipinski definition) is 5. The Bertz CT molecular complexity index is 1120. The number of carbonyl (C=O) groups is 1. The van der Waals surface area contributed by atoms with Crippen LogP contribution in [-0.2, 0) is 10.0 Å². The first-order valence-electron chi connectivity index (χ1n) is 9.51. The molecule has 1 fully saturated rings. The highest BCUT2D eigenvalue weighted by molar-refractivity contribution is 7.93. The van der Waals surface area contributed by atoms with Crippen molar-refractivity contribution in [3.05, 3.63) is 77.1 Å². The van der Waals surface area contributed by atoms with Gasteiger partial charge in [0.1, 0.15) is 5.82 Å². The van der Waals surface area contributed by atoms with Gasteiger partial charge in [-0.2, -0.15) is 0 Å². The van der Waals surface area contributed by atoms with E-state index in [1.165, 1.54) is 53.9 Å². The van der Waals surface area contributed by atoms with E-state index < -0.39 is 10.0 Å². The van der Waals surface area contributed by atoms with Crippen molar-refractivity contribution in [3.8, 4) is 0 Å². The molecule has 1 aliphatic rings. The summed E-state index contributed by atoms with van der Waals surface area (Å²) >= 11 is 1.18. The number of carbonyl (C=O) groups excluding carboxylic acids is 1. The first-order valence-corrected chi connectivity index (χ1v) is 11.9. The summed E-state index contributed by atoms with van der Waals surface area (Å²) in [4.78, 5) is 16.7. The van der Waals surface area contributed by atoms with Crippen molar-refractivity contribution in [1.29, 1.82) is 0 Å². The fraction of sp³-hybridized carbons (Fsp3) is 0.238. The summed E-state index contributed by atoms with van der Waals surface area (Å²) < 4.78 is 40.4. The molecule has 156 valence electrons. The second-order valence-electron chi connectivity index (χ2n) is 7.14. The van der Waals surface area contributed by atoms with E-state index in [1.807, 2.05) is 0 Å². The minimum Gasteiger partial charge on any atom is -0.349 e. The highest BCUT2D eigenvalue weighted by Gasteiger charge is 2.30. The van der Waals surface area contributed by atoms with Crippen LogP contribution in [-0.4, -0.2) is 25.4 Å². The maximum Gasteiger partial charge on any atom is 0.263 e. The van der Waals surface area contributed by atoms with Crippen molar-refractivity contribution in [2.75, 3.05) is 4.72 Å². The smallest absolute Gasteiger partial charge is 0.263 e. The fourth-order valence-electron chi connectivity index (χ4n) is 3.73. The van der Waals surface area contributed by atoms with Crippen LogP contribution in [0.1, 0.15) is 41.1 Å². The van der Waals surface area contributed by atoms with E-state index in [-0.39, 0.29) is 33.7 Å². The number of benzene rings is 2. The highest BCUT2D eigenvalue weighted by atomic mass is 32.2. The minimum absolute atomic E-state index is 0.0436. The molecule has 2 atom stereocenters. The molecule has 0 bridgehead atoms. The molecule has 9 heteroatoms. The molecule has 3 aromatic rings. The minimum atomic E-state index is -3.76. The summed E-state index contributed by atoms with van der Waals surface area (Å²) in [6.07, 6.45) is 4.26. The summed E-state index contributed by atoms with van der Waals surface area (Å²) in [7, 11) is -3.76. The number of nitrogens with one attached hydrogen (secondary N) is 2. The topological polar surface area (TPSA) is 88.2 Å². The molecule has 0 aliphatic heterocycles. The quantitative estimate of drug-likeness (QED) is 0.597. The normalized spacial score (nSPS) is 18.8. The van der Waals surface area contributed by atoms with E-state index in [0.717, 1.165) is 24.8 Å². The maximum atomic E-state index is 13.2. The van der Waals surface area contributed by atoms with Gasteiger partial charge >= 0.3 is 0 Å². The number of amides is 1. The van der Waals surface area contributed by atoms with E-state index in [9.17, 15) is 17.6 Å². The van der Waals surface area contributed by atoms with Gasteiger partial charge in [-0.25, -0.2) is 17.8 Å². The average Bonchev–Trinajstić information content (AvgIpc) is 3.40.